The van der Waals surface area contributed by atoms with E-state index in [1.165, 1.54) is 0 Å². The van der Waals surface area contributed by atoms with Crippen LogP contribution in [0.2, 0.25) is 5.02 Å². The third-order valence-electron chi connectivity index (χ3n) is 2.07. The lowest BCUT2D eigenvalue weighted by Crippen LogP contribution is -2.25. The van der Waals surface area contributed by atoms with Gasteiger partial charge in [-0.05, 0) is 24.3 Å². The molecule has 0 spiro atoms. The van der Waals surface area contributed by atoms with Crippen molar-refractivity contribution in [2.75, 3.05) is 6.54 Å². The van der Waals surface area contributed by atoms with E-state index in [2.05, 4.69) is 19.2 Å². The van der Waals surface area contributed by atoms with Crippen LogP contribution in [-0.4, -0.2) is 18.4 Å². The number of hydrogen-bond acceptors (Lipinski definition) is 2. The average molecular weight is 226 g/mol. The van der Waals surface area contributed by atoms with Gasteiger partial charge in [-0.3, -0.25) is 4.79 Å². The molecule has 82 valence electrons. The number of ketones is 1. The summed E-state index contributed by atoms with van der Waals surface area (Å²) >= 11 is 5.74. The fourth-order valence-electron chi connectivity index (χ4n) is 1.25. The Morgan fingerprint density at radius 3 is 2.47 bits per heavy atom. The molecule has 0 aliphatic carbocycles. The highest BCUT2D eigenvalue weighted by atomic mass is 35.5. The summed E-state index contributed by atoms with van der Waals surface area (Å²) in [6, 6.07) is 7.43. The van der Waals surface area contributed by atoms with Crippen LogP contribution in [0.4, 0.5) is 0 Å². The average Bonchev–Trinajstić information content (AvgIpc) is 2.18. The van der Waals surface area contributed by atoms with Crippen LogP contribution >= 0.6 is 11.6 Å². The molecule has 2 nitrogen and oxygen atoms in total. The molecule has 0 aliphatic heterocycles. The molecule has 0 amide bonds. The summed E-state index contributed by atoms with van der Waals surface area (Å²) in [7, 11) is 0. The van der Waals surface area contributed by atoms with E-state index in [9.17, 15) is 4.79 Å². The van der Waals surface area contributed by atoms with Gasteiger partial charge in [0.2, 0.25) is 0 Å². The minimum absolute atomic E-state index is 0.153. The molecule has 0 atom stereocenters. The molecule has 0 unspecified atom stereocenters. The van der Waals surface area contributed by atoms with E-state index >= 15 is 0 Å². The van der Waals surface area contributed by atoms with Gasteiger partial charge >= 0.3 is 0 Å². The van der Waals surface area contributed by atoms with Gasteiger partial charge in [0.15, 0.2) is 5.78 Å². The third-order valence-corrected chi connectivity index (χ3v) is 2.32. The topological polar surface area (TPSA) is 29.1 Å². The SMILES string of the molecule is CC(C)NCCC(=O)c1ccc(Cl)cc1. The molecule has 1 aromatic carbocycles. The van der Waals surface area contributed by atoms with Crippen molar-refractivity contribution < 1.29 is 4.79 Å². The molecule has 0 radical (unpaired) electrons. The first-order valence-corrected chi connectivity index (χ1v) is 5.49. The van der Waals surface area contributed by atoms with Crippen molar-refractivity contribution in [3.63, 3.8) is 0 Å². The van der Waals surface area contributed by atoms with Crippen molar-refractivity contribution >= 4 is 17.4 Å². The van der Waals surface area contributed by atoms with Gasteiger partial charge in [0, 0.05) is 29.6 Å². The minimum atomic E-state index is 0.153. The Morgan fingerprint density at radius 1 is 1.33 bits per heavy atom. The molecule has 0 fully saturated rings. The second-order valence-electron chi connectivity index (χ2n) is 3.79. The van der Waals surface area contributed by atoms with Crippen molar-refractivity contribution in [3.05, 3.63) is 34.9 Å². The molecule has 3 heteroatoms. The van der Waals surface area contributed by atoms with Crippen LogP contribution in [0.3, 0.4) is 0 Å². The number of nitrogens with one attached hydrogen (secondary N) is 1. The smallest absolute Gasteiger partial charge is 0.164 e. The van der Waals surface area contributed by atoms with Crippen molar-refractivity contribution in [1.82, 2.24) is 5.32 Å². The van der Waals surface area contributed by atoms with E-state index in [0.717, 1.165) is 12.1 Å². The second-order valence-corrected chi connectivity index (χ2v) is 4.23. The number of carbonyl (C=O) groups is 1. The molecule has 1 aromatic rings. The van der Waals surface area contributed by atoms with Gasteiger partial charge in [-0.25, -0.2) is 0 Å². The number of benzene rings is 1. The van der Waals surface area contributed by atoms with Crippen molar-refractivity contribution in [2.45, 2.75) is 26.3 Å². The molecular weight excluding hydrogens is 210 g/mol. The standard InChI is InChI=1S/C12H16ClNO/c1-9(2)14-8-7-12(15)10-3-5-11(13)6-4-10/h3-6,9,14H,7-8H2,1-2H3. The number of rotatable bonds is 5. The van der Waals surface area contributed by atoms with E-state index < -0.39 is 0 Å². The molecular formula is C12H16ClNO. The first-order chi connectivity index (χ1) is 7.09. The van der Waals surface area contributed by atoms with E-state index in [0.29, 0.717) is 17.5 Å². The van der Waals surface area contributed by atoms with E-state index in [1.807, 2.05) is 0 Å². The Kier molecular flexibility index (Phi) is 4.79. The van der Waals surface area contributed by atoms with Crippen LogP contribution in [0.5, 0.6) is 0 Å². The fraction of sp³-hybridized carbons (Fsp3) is 0.417. The highest BCUT2D eigenvalue weighted by Gasteiger charge is 2.05. The lowest BCUT2D eigenvalue weighted by molar-refractivity contribution is 0.0982. The lowest BCUT2D eigenvalue weighted by atomic mass is 10.1. The molecule has 0 aliphatic rings. The van der Waals surface area contributed by atoms with Gasteiger partial charge in [-0.15, -0.1) is 0 Å². The van der Waals surface area contributed by atoms with E-state index in [4.69, 9.17) is 11.6 Å². The van der Waals surface area contributed by atoms with Crippen LogP contribution in [0.1, 0.15) is 30.6 Å². The largest absolute Gasteiger partial charge is 0.314 e. The first kappa shape index (κ1) is 12.2. The quantitative estimate of drug-likeness (QED) is 0.781. The normalized spacial score (nSPS) is 10.7. The van der Waals surface area contributed by atoms with Crippen molar-refractivity contribution in [3.8, 4) is 0 Å². The summed E-state index contributed by atoms with van der Waals surface area (Å²) in [5, 5.41) is 3.87. The summed E-state index contributed by atoms with van der Waals surface area (Å²) in [6.07, 6.45) is 0.528. The maximum Gasteiger partial charge on any atom is 0.164 e. The Bertz CT molecular complexity index is 319. The summed E-state index contributed by atoms with van der Waals surface area (Å²) in [4.78, 5) is 11.7. The third kappa shape index (κ3) is 4.45. The summed E-state index contributed by atoms with van der Waals surface area (Å²) < 4.78 is 0. The maximum absolute atomic E-state index is 11.7. The molecule has 0 bridgehead atoms. The maximum atomic E-state index is 11.7. The number of carbonyl (C=O) groups excluding carboxylic acids is 1. The molecule has 0 saturated heterocycles. The highest BCUT2D eigenvalue weighted by Crippen LogP contribution is 2.10. The van der Waals surface area contributed by atoms with Gasteiger partial charge in [0.1, 0.15) is 0 Å². The predicted octanol–water partition coefficient (Wildman–Crippen LogP) is 2.91. The monoisotopic (exact) mass is 225 g/mol. The summed E-state index contributed by atoms with van der Waals surface area (Å²) in [6.45, 7) is 4.85. The summed E-state index contributed by atoms with van der Waals surface area (Å²) in [5.41, 5.74) is 0.727. The Balaban J connectivity index is 2.43. The van der Waals surface area contributed by atoms with E-state index in [1.54, 1.807) is 24.3 Å². The van der Waals surface area contributed by atoms with Gasteiger partial charge in [-0.2, -0.15) is 0 Å². The predicted molar refractivity (Wildman–Crippen MR) is 63.5 cm³/mol. The van der Waals surface area contributed by atoms with Crippen LogP contribution < -0.4 is 5.32 Å². The van der Waals surface area contributed by atoms with Crippen LogP contribution in [0.15, 0.2) is 24.3 Å². The minimum Gasteiger partial charge on any atom is -0.314 e. The Labute approximate surface area is 95.6 Å². The van der Waals surface area contributed by atoms with Gasteiger partial charge in [0.05, 0.1) is 0 Å². The summed E-state index contributed by atoms with van der Waals surface area (Å²) in [5.74, 6) is 0.153. The molecule has 0 saturated carbocycles. The lowest BCUT2D eigenvalue weighted by Gasteiger charge is -2.06. The zero-order valence-corrected chi connectivity index (χ0v) is 9.84. The van der Waals surface area contributed by atoms with Gasteiger partial charge < -0.3 is 5.32 Å². The van der Waals surface area contributed by atoms with Gasteiger partial charge in [-0.1, -0.05) is 25.4 Å². The molecule has 15 heavy (non-hydrogen) atoms. The highest BCUT2D eigenvalue weighted by molar-refractivity contribution is 6.30. The number of hydrogen-bond donors (Lipinski definition) is 1. The molecule has 1 rings (SSSR count). The Hall–Kier alpha value is -0.860. The zero-order chi connectivity index (χ0) is 11.3. The van der Waals surface area contributed by atoms with Gasteiger partial charge in [0.25, 0.3) is 0 Å². The zero-order valence-electron chi connectivity index (χ0n) is 9.09. The second kappa shape index (κ2) is 5.89. The molecule has 0 aromatic heterocycles. The fourth-order valence-corrected chi connectivity index (χ4v) is 1.38. The first-order valence-electron chi connectivity index (χ1n) is 5.11. The van der Waals surface area contributed by atoms with Crippen LogP contribution in [0.25, 0.3) is 0 Å². The van der Waals surface area contributed by atoms with Crippen molar-refractivity contribution in [2.24, 2.45) is 0 Å². The van der Waals surface area contributed by atoms with Crippen LogP contribution in [0, 0.1) is 0 Å². The van der Waals surface area contributed by atoms with Crippen LogP contribution in [-0.2, 0) is 0 Å². The Morgan fingerprint density at radius 2 is 1.93 bits per heavy atom. The van der Waals surface area contributed by atoms with E-state index in [-0.39, 0.29) is 5.78 Å². The molecule has 1 N–H and O–H groups in total. The molecule has 0 heterocycles. The van der Waals surface area contributed by atoms with Crippen molar-refractivity contribution in [1.29, 1.82) is 0 Å². The number of halogens is 1. The number of Topliss-reactive ketones (excluding diaryl/α,β-unsaturated/α-hetero) is 1.